The second kappa shape index (κ2) is 13.7. The van der Waals surface area contributed by atoms with Gasteiger partial charge in [-0.2, -0.15) is 0 Å². The van der Waals surface area contributed by atoms with Crippen LogP contribution < -0.4 is 0 Å². The minimum absolute atomic E-state index is 0.0112. The predicted octanol–water partition coefficient (Wildman–Crippen LogP) is 3.24. The van der Waals surface area contributed by atoms with Crippen molar-refractivity contribution in [2.45, 2.75) is 65.5 Å². The van der Waals surface area contributed by atoms with E-state index in [0.717, 1.165) is 0 Å². The summed E-state index contributed by atoms with van der Waals surface area (Å²) in [5, 5.41) is -1.82. The monoisotopic (exact) mass is 424 g/mol. The lowest BCUT2D eigenvalue weighted by atomic mass is 9.96. The summed E-state index contributed by atoms with van der Waals surface area (Å²) >= 11 is 0. The molecule has 0 unspecified atom stereocenters. The molecular weight excluding hydrogens is 391 g/mol. The predicted molar refractivity (Wildman–Crippen MR) is 102 cm³/mol. The molecule has 0 saturated heterocycles. The van der Waals surface area contributed by atoms with Gasteiger partial charge in [-0.15, -0.1) is 0 Å². The van der Waals surface area contributed by atoms with Gasteiger partial charge in [-0.05, 0) is 47.5 Å². The first-order chi connectivity index (χ1) is 13.3. The van der Waals surface area contributed by atoms with Crippen molar-refractivity contribution in [3.63, 3.8) is 0 Å². The standard InChI is InChI=1S/C18H33O9P/c1-6-23-15(19)11-13-18(17(21)25-8-3,14-12-16(20)24-7-2)28(22,26-9-4)27-10-5/h6-14H2,1-5H3. The van der Waals surface area contributed by atoms with E-state index < -0.39 is 30.7 Å². The maximum Gasteiger partial charge on any atom is 0.347 e. The lowest BCUT2D eigenvalue weighted by Gasteiger charge is -2.36. The maximum atomic E-state index is 13.6. The van der Waals surface area contributed by atoms with E-state index in [2.05, 4.69) is 0 Å². The number of ether oxygens (including phenoxy) is 3. The van der Waals surface area contributed by atoms with E-state index in [1.54, 1.807) is 34.6 Å². The Hall–Kier alpha value is -1.44. The average molecular weight is 424 g/mol. The van der Waals surface area contributed by atoms with Crippen LogP contribution in [0.5, 0.6) is 0 Å². The van der Waals surface area contributed by atoms with Gasteiger partial charge in [-0.25, -0.2) is 0 Å². The van der Waals surface area contributed by atoms with Crippen molar-refractivity contribution in [2.24, 2.45) is 0 Å². The SMILES string of the molecule is CCOC(=O)CCC(CCC(=O)OCC)(C(=O)OCC)P(=O)(OCC)OCC. The highest BCUT2D eigenvalue weighted by molar-refractivity contribution is 7.56. The average Bonchev–Trinajstić information content (AvgIpc) is 2.63. The minimum Gasteiger partial charge on any atom is -0.466 e. The summed E-state index contributed by atoms with van der Waals surface area (Å²) in [4.78, 5) is 36.8. The van der Waals surface area contributed by atoms with Gasteiger partial charge in [0.1, 0.15) is 0 Å². The zero-order chi connectivity index (χ0) is 21.6. The molecule has 0 aliphatic rings. The molecule has 0 aliphatic heterocycles. The molecule has 9 nitrogen and oxygen atoms in total. The van der Waals surface area contributed by atoms with E-state index in [1.165, 1.54) is 0 Å². The van der Waals surface area contributed by atoms with Gasteiger partial charge in [0.25, 0.3) is 0 Å². The molecule has 0 radical (unpaired) electrons. The fraction of sp³-hybridized carbons (Fsp3) is 0.833. The van der Waals surface area contributed by atoms with Gasteiger partial charge in [0.05, 0.1) is 33.0 Å². The fourth-order valence-electron chi connectivity index (χ4n) is 2.69. The number of carbonyl (C=O) groups excluding carboxylic acids is 3. The van der Waals surface area contributed by atoms with Gasteiger partial charge in [0.2, 0.25) is 0 Å². The maximum absolute atomic E-state index is 13.6. The lowest BCUT2D eigenvalue weighted by Crippen LogP contribution is -2.42. The highest BCUT2D eigenvalue weighted by atomic mass is 31.2. The van der Waals surface area contributed by atoms with Gasteiger partial charge in [-0.1, -0.05) is 0 Å². The fourth-order valence-corrected chi connectivity index (χ4v) is 5.00. The molecule has 0 aliphatic carbocycles. The summed E-state index contributed by atoms with van der Waals surface area (Å²) < 4.78 is 39.5. The largest absolute Gasteiger partial charge is 0.466 e. The number of carbonyl (C=O) groups is 3. The van der Waals surface area contributed by atoms with Crippen LogP contribution in [0.25, 0.3) is 0 Å². The molecule has 0 fully saturated rings. The molecule has 28 heavy (non-hydrogen) atoms. The number of esters is 3. The Morgan fingerprint density at radius 2 is 1.07 bits per heavy atom. The molecule has 10 heteroatoms. The molecule has 164 valence electrons. The summed E-state index contributed by atoms with van der Waals surface area (Å²) in [6, 6.07) is 0. The second-order valence-electron chi connectivity index (χ2n) is 5.70. The Balaban J connectivity index is 6.07. The van der Waals surface area contributed by atoms with Crippen LogP contribution in [0.2, 0.25) is 0 Å². The summed E-state index contributed by atoms with van der Waals surface area (Å²) in [7, 11) is -4.09. The Labute approximate surface area is 166 Å². The van der Waals surface area contributed by atoms with Crippen LogP contribution in [0.1, 0.15) is 60.3 Å². The Kier molecular flexibility index (Phi) is 13.0. The zero-order valence-corrected chi connectivity index (χ0v) is 18.4. The van der Waals surface area contributed by atoms with E-state index in [-0.39, 0.29) is 58.7 Å². The van der Waals surface area contributed by atoms with E-state index >= 15 is 0 Å². The molecule has 0 amide bonds. The van der Waals surface area contributed by atoms with Gasteiger partial charge >= 0.3 is 25.5 Å². The molecule has 0 atom stereocenters. The summed E-state index contributed by atoms with van der Waals surface area (Å²) in [5.41, 5.74) is 0. The molecule has 0 N–H and O–H groups in total. The van der Waals surface area contributed by atoms with E-state index in [1.807, 2.05) is 0 Å². The summed E-state index contributed by atoms with van der Waals surface area (Å²) in [6.07, 6.45) is -0.831. The van der Waals surface area contributed by atoms with Crippen molar-refractivity contribution in [3.8, 4) is 0 Å². The third-order valence-electron chi connectivity index (χ3n) is 3.87. The third-order valence-corrected chi connectivity index (χ3v) is 6.75. The van der Waals surface area contributed by atoms with Crippen LogP contribution in [-0.2, 0) is 42.2 Å². The molecule has 0 rings (SSSR count). The van der Waals surface area contributed by atoms with Crippen LogP contribution in [0, 0.1) is 0 Å². The first kappa shape index (κ1) is 26.6. The van der Waals surface area contributed by atoms with Crippen molar-refractivity contribution >= 4 is 25.5 Å². The van der Waals surface area contributed by atoms with Crippen molar-refractivity contribution in [3.05, 3.63) is 0 Å². The van der Waals surface area contributed by atoms with Gasteiger partial charge in [0.15, 0.2) is 5.16 Å². The molecule has 0 spiro atoms. The van der Waals surface area contributed by atoms with Gasteiger partial charge in [-0.3, -0.25) is 18.9 Å². The number of rotatable bonds is 15. The van der Waals surface area contributed by atoms with Crippen LogP contribution >= 0.6 is 7.60 Å². The molecule has 0 aromatic rings. The zero-order valence-electron chi connectivity index (χ0n) is 17.5. The van der Waals surface area contributed by atoms with Crippen molar-refractivity contribution in [2.75, 3.05) is 33.0 Å². The molecule has 0 aromatic carbocycles. The molecule has 0 bridgehead atoms. The molecule has 0 saturated carbocycles. The highest BCUT2D eigenvalue weighted by Gasteiger charge is 2.58. The molecule has 0 aromatic heterocycles. The summed E-state index contributed by atoms with van der Waals surface area (Å²) in [6.45, 7) is 8.52. The Morgan fingerprint density at radius 3 is 1.39 bits per heavy atom. The van der Waals surface area contributed by atoms with Crippen LogP contribution in [0.3, 0.4) is 0 Å². The Bertz CT molecular complexity index is 515. The topological polar surface area (TPSA) is 114 Å². The van der Waals surface area contributed by atoms with Crippen LogP contribution in [-0.4, -0.2) is 56.1 Å². The smallest absolute Gasteiger partial charge is 0.347 e. The number of hydrogen-bond acceptors (Lipinski definition) is 9. The molecule has 0 heterocycles. The first-order valence-electron chi connectivity index (χ1n) is 9.64. The van der Waals surface area contributed by atoms with E-state index in [9.17, 15) is 18.9 Å². The highest BCUT2D eigenvalue weighted by Crippen LogP contribution is 2.64. The number of hydrogen-bond donors (Lipinski definition) is 0. The third kappa shape index (κ3) is 7.53. The second-order valence-corrected chi connectivity index (χ2v) is 8.06. The van der Waals surface area contributed by atoms with Crippen molar-refractivity contribution in [1.82, 2.24) is 0 Å². The normalized spacial score (nSPS) is 11.8. The van der Waals surface area contributed by atoms with Crippen LogP contribution in [0.15, 0.2) is 0 Å². The first-order valence-corrected chi connectivity index (χ1v) is 11.2. The van der Waals surface area contributed by atoms with E-state index in [4.69, 9.17) is 23.3 Å². The van der Waals surface area contributed by atoms with Gasteiger partial charge in [0, 0.05) is 12.8 Å². The van der Waals surface area contributed by atoms with Crippen molar-refractivity contribution in [1.29, 1.82) is 0 Å². The quantitative estimate of drug-likeness (QED) is 0.222. The Morgan fingerprint density at radius 1 is 0.679 bits per heavy atom. The van der Waals surface area contributed by atoms with Gasteiger partial charge < -0.3 is 23.3 Å². The lowest BCUT2D eigenvalue weighted by molar-refractivity contribution is -0.149. The molecular formula is C18H33O9P. The van der Waals surface area contributed by atoms with Crippen molar-refractivity contribution < 1.29 is 42.2 Å². The summed E-state index contributed by atoms with van der Waals surface area (Å²) in [5.74, 6) is -1.97. The van der Waals surface area contributed by atoms with Crippen LogP contribution in [0.4, 0.5) is 0 Å². The van der Waals surface area contributed by atoms with E-state index in [0.29, 0.717) is 0 Å². The minimum atomic E-state index is -4.09.